The molecule has 2 heterocycles. The number of aryl methyl sites for hydroxylation is 1. The van der Waals surface area contributed by atoms with Crippen molar-refractivity contribution in [2.75, 3.05) is 7.11 Å². The molecule has 0 unspecified atom stereocenters. The van der Waals surface area contributed by atoms with Gasteiger partial charge in [0.1, 0.15) is 29.1 Å². The second-order valence-electron chi connectivity index (χ2n) is 4.83. The zero-order valence-electron chi connectivity index (χ0n) is 12.6. The molecule has 2 aromatic heterocycles. The number of fused-ring (bicyclic) bond motifs is 1. The molecule has 1 aromatic carbocycles. The summed E-state index contributed by atoms with van der Waals surface area (Å²) >= 11 is 0. The highest BCUT2D eigenvalue weighted by molar-refractivity contribution is 5.94. The van der Waals surface area contributed by atoms with E-state index in [1.54, 1.807) is 14.2 Å². The van der Waals surface area contributed by atoms with Crippen LogP contribution in [0, 0.1) is 11.8 Å². The summed E-state index contributed by atoms with van der Waals surface area (Å²) in [6.45, 7) is 0. The van der Waals surface area contributed by atoms with Crippen LogP contribution < -0.4 is 4.74 Å². The Morgan fingerprint density at radius 1 is 1.22 bits per heavy atom. The fourth-order valence-electron chi connectivity index (χ4n) is 2.24. The van der Waals surface area contributed by atoms with Crippen molar-refractivity contribution in [2.45, 2.75) is 0 Å². The smallest absolute Gasteiger partial charge is 0.352 e. The van der Waals surface area contributed by atoms with Crippen LogP contribution in [-0.4, -0.2) is 32.7 Å². The van der Waals surface area contributed by atoms with Crippen molar-refractivity contribution >= 4 is 17.0 Å². The number of hydrogen-bond acceptors (Lipinski definition) is 4. The topological polar surface area (TPSA) is 77.2 Å². The molecule has 0 fully saturated rings. The number of aromatic nitrogens is 3. The zero-order chi connectivity index (χ0) is 16.4. The Hall–Kier alpha value is -3.33. The quantitative estimate of drug-likeness (QED) is 0.733. The Labute approximate surface area is 132 Å². The van der Waals surface area contributed by atoms with Crippen LogP contribution in [0.15, 0.2) is 36.7 Å². The van der Waals surface area contributed by atoms with E-state index in [-0.39, 0.29) is 5.69 Å². The lowest BCUT2D eigenvalue weighted by Crippen LogP contribution is -2.04. The molecule has 6 heteroatoms. The molecule has 0 radical (unpaired) electrons. The first-order valence-electron chi connectivity index (χ1n) is 6.80. The van der Waals surface area contributed by atoms with Crippen molar-refractivity contribution in [3.8, 4) is 17.6 Å². The monoisotopic (exact) mass is 307 g/mol. The third-order valence-corrected chi connectivity index (χ3v) is 3.46. The van der Waals surface area contributed by atoms with Crippen LogP contribution in [0.25, 0.3) is 11.0 Å². The van der Waals surface area contributed by atoms with Crippen molar-refractivity contribution in [3.05, 3.63) is 53.6 Å². The average Bonchev–Trinajstić information content (AvgIpc) is 2.91. The first-order chi connectivity index (χ1) is 11.1. The second kappa shape index (κ2) is 5.81. The van der Waals surface area contributed by atoms with E-state index in [9.17, 15) is 9.90 Å². The molecular weight excluding hydrogens is 294 g/mol. The number of rotatable bonds is 2. The normalized spacial score (nSPS) is 10.2. The number of carbonyl (C=O) groups is 1. The molecular formula is C17H13N3O3. The van der Waals surface area contributed by atoms with E-state index in [0.717, 1.165) is 11.3 Å². The second-order valence-corrected chi connectivity index (χ2v) is 4.83. The first-order valence-corrected chi connectivity index (χ1v) is 6.80. The molecule has 114 valence electrons. The summed E-state index contributed by atoms with van der Waals surface area (Å²) in [7, 11) is 3.26. The van der Waals surface area contributed by atoms with Crippen LogP contribution in [0.2, 0.25) is 0 Å². The van der Waals surface area contributed by atoms with Crippen molar-refractivity contribution < 1.29 is 14.6 Å². The summed E-state index contributed by atoms with van der Waals surface area (Å²) in [5.41, 5.74) is 1.99. The highest BCUT2D eigenvalue weighted by Gasteiger charge is 2.15. The van der Waals surface area contributed by atoms with Crippen LogP contribution in [0.3, 0.4) is 0 Å². The van der Waals surface area contributed by atoms with E-state index in [1.807, 2.05) is 24.3 Å². The van der Waals surface area contributed by atoms with Gasteiger partial charge in [0, 0.05) is 12.6 Å². The molecule has 3 rings (SSSR count). The van der Waals surface area contributed by atoms with Gasteiger partial charge in [-0.1, -0.05) is 5.92 Å². The third kappa shape index (κ3) is 2.72. The number of carboxylic acid groups (broad SMARTS) is 1. The van der Waals surface area contributed by atoms with Crippen molar-refractivity contribution in [1.82, 2.24) is 14.5 Å². The molecule has 0 atom stereocenters. The number of nitrogens with zero attached hydrogens (tertiary/aromatic N) is 3. The van der Waals surface area contributed by atoms with Gasteiger partial charge in [-0.15, -0.1) is 0 Å². The SMILES string of the molecule is COc1ccc(C#Cc2ncnc3c2cc(C(=O)O)n3C)cc1. The summed E-state index contributed by atoms with van der Waals surface area (Å²) < 4.78 is 6.61. The predicted octanol–water partition coefficient (Wildman–Crippen LogP) is 2.07. The van der Waals surface area contributed by atoms with Crippen LogP contribution in [0.5, 0.6) is 5.75 Å². The van der Waals surface area contributed by atoms with Gasteiger partial charge in [0.2, 0.25) is 0 Å². The lowest BCUT2D eigenvalue weighted by molar-refractivity contribution is 0.0687. The Morgan fingerprint density at radius 2 is 1.96 bits per heavy atom. The molecule has 0 amide bonds. The standard InChI is InChI=1S/C17H13N3O3/c1-20-15(17(21)22)9-13-14(18-10-19-16(13)20)8-5-11-3-6-12(23-2)7-4-11/h3-4,6-7,9-10H,1-2H3,(H,21,22). The minimum Gasteiger partial charge on any atom is -0.497 e. The van der Waals surface area contributed by atoms with Gasteiger partial charge in [0.15, 0.2) is 0 Å². The van der Waals surface area contributed by atoms with Crippen LogP contribution in [0.1, 0.15) is 21.7 Å². The van der Waals surface area contributed by atoms with Gasteiger partial charge in [0.25, 0.3) is 0 Å². The molecule has 0 bridgehead atoms. The van der Waals surface area contributed by atoms with E-state index in [0.29, 0.717) is 16.7 Å². The summed E-state index contributed by atoms with van der Waals surface area (Å²) in [5, 5.41) is 9.82. The molecule has 23 heavy (non-hydrogen) atoms. The van der Waals surface area contributed by atoms with Gasteiger partial charge < -0.3 is 14.4 Å². The molecule has 0 saturated carbocycles. The Morgan fingerprint density at radius 3 is 2.61 bits per heavy atom. The number of hydrogen-bond donors (Lipinski definition) is 1. The molecule has 1 N–H and O–H groups in total. The number of carboxylic acids is 1. The van der Waals surface area contributed by atoms with Gasteiger partial charge in [-0.3, -0.25) is 0 Å². The largest absolute Gasteiger partial charge is 0.497 e. The minimum absolute atomic E-state index is 0.146. The van der Waals surface area contributed by atoms with Crippen LogP contribution >= 0.6 is 0 Å². The molecule has 3 aromatic rings. The highest BCUT2D eigenvalue weighted by Crippen LogP contribution is 2.19. The fraction of sp³-hybridized carbons (Fsp3) is 0.118. The van der Waals surface area contributed by atoms with E-state index in [2.05, 4.69) is 21.8 Å². The van der Waals surface area contributed by atoms with Gasteiger partial charge in [-0.2, -0.15) is 0 Å². The molecule has 0 saturated heterocycles. The Bertz CT molecular complexity index is 947. The van der Waals surface area contributed by atoms with Gasteiger partial charge in [0.05, 0.1) is 12.5 Å². The molecule has 0 aliphatic heterocycles. The zero-order valence-corrected chi connectivity index (χ0v) is 12.6. The maximum Gasteiger partial charge on any atom is 0.352 e. The fourth-order valence-corrected chi connectivity index (χ4v) is 2.24. The highest BCUT2D eigenvalue weighted by atomic mass is 16.5. The molecule has 6 nitrogen and oxygen atoms in total. The molecule has 0 spiro atoms. The summed E-state index contributed by atoms with van der Waals surface area (Å²) in [6.07, 6.45) is 1.38. The van der Waals surface area contributed by atoms with Gasteiger partial charge >= 0.3 is 5.97 Å². The van der Waals surface area contributed by atoms with Gasteiger partial charge in [-0.25, -0.2) is 14.8 Å². The third-order valence-electron chi connectivity index (χ3n) is 3.46. The number of aromatic carboxylic acids is 1. The van der Waals surface area contributed by atoms with Crippen molar-refractivity contribution in [1.29, 1.82) is 0 Å². The Balaban J connectivity index is 2.05. The maximum absolute atomic E-state index is 11.2. The summed E-state index contributed by atoms with van der Waals surface area (Å²) in [4.78, 5) is 19.5. The lowest BCUT2D eigenvalue weighted by Gasteiger charge is -1.98. The van der Waals surface area contributed by atoms with Crippen molar-refractivity contribution in [3.63, 3.8) is 0 Å². The van der Waals surface area contributed by atoms with Gasteiger partial charge in [-0.05, 0) is 36.3 Å². The first kappa shape index (κ1) is 14.6. The minimum atomic E-state index is -1.01. The Kier molecular flexibility index (Phi) is 3.69. The van der Waals surface area contributed by atoms with E-state index in [1.165, 1.54) is 17.0 Å². The maximum atomic E-state index is 11.2. The number of ether oxygens (including phenoxy) is 1. The van der Waals surface area contributed by atoms with Crippen LogP contribution in [-0.2, 0) is 7.05 Å². The predicted molar refractivity (Wildman–Crippen MR) is 84.4 cm³/mol. The number of methoxy groups -OCH3 is 1. The lowest BCUT2D eigenvalue weighted by atomic mass is 10.2. The summed E-state index contributed by atoms with van der Waals surface area (Å²) in [5.74, 6) is 5.73. The van der Waals surface area contributed by atoms with Crippen molar-refractivity contribution in [2.24, 2.45) is 7.05 Å². The van der Waals surface area contributed by atoms with E-state index < -0.39 is 5.97 Å². The number of benzene rings is 1. The van der Waals surface area contributed by atoms with Crippen LogP contribution in [0.4, 0.5) is 0 Å². The summed E-state index contributed by atoms with van der Waals surface area (Å²) in [6, 6.07) is 8.88. The molecule has 0 aliphatic carbocycles. The average molecular weight is 307 g/mol. The van der Waals surface area contributed by atoms with E-state index in [4.69, 9.17) is 4.74 Å². The van der Waals surface area contributed by atoms with E-state index >= 15 is 0 Å². The molecule has 0 aliphatic rings.